The zero-order valence-corrected chi connectivity index (χ0v) is 18.4. The SMILES string of the molecule is CN=C(NCc1cccc(Cn2cccn2)c1)NCc1ccc(F)c(C)c1.I. The molecular weight excluding hydrogens is 468 g/mol. The summed E-state index contributed by atoms with van der Waals surface area (Å²) in [5.74, 6) is 0.519. The molecule has 0 saturated carbocycles. The Labute approximate surface area is 182 Å². The molecule has 0 aliphatic rings. The smallest absolute Gasteiger partial charge is 0.191 e. The van der Waals surface area contributed by atoms with Gasteiger partial charge in [0, 0.05) is 32.5 Å². The maximum absolute atomic E-state index is 13.4. The van der Waals surface area contributed by atoms with Crippen molar-refractivity contribution in [3.63, 3.8) is 0 Å². The van der Waals surface area contributed by atoms with Crippen molar-refractivity contribution in [2.45, 2.75) is 26.6 Å². The second-order valence-corrected chi connectivity index (χ2v) is 6.39. The molecule has 0 spiro atoms. The first kappa shape index (κ1) is 21.9. The Kier molecular flexibility index (Phi) is 8.43. The van der Waals surface area contributed by atoms with Crippen molar-refractivity contribution in [3.8, 4) is 0 Å². The van der Waals surface area contributed by atoms with E-state index in [9.17, 15) is 4.39 Å². The van der Waals surface area contributed by atoms with E-state index < -0.39 is 0 Å². The molecule has 3 rings (SSSR count). The summed E-state index contributed by atoms with van der Waals surface area (Å²) in [7, 11) is 1.74. The second kappa shape index (κ2) is 10.8. The maximum atomic E-state index is 13.4. The first-order valence-corrected chi connectivity index (χ1v) is 8.89. The molecule has 5 nitrogen and oxygen atoms in total. The molecule has 1 heterocycles. The Bertz CT molecular complexity index is 909. The van der Waals surface area contributed by atoms with E-state index in [2.05, 4.69) is 38.9 Å². The van der Waals surface area contributed by atoms with Crippen LogP contribution < -0.4 is 10.6 Å². The van der Waals surface area contributed by atoms with E-state index in [1.807, 2.05) is 29.1 Å². The number of hydrogen-bond acceptors (Lipinski definition) is 2. The summed E-state index contributed by atoms with van der Waals surface area (Å²) in [6, 6.07) is 15.4. The van der Waals surface area contributed by atoms with Crippen LogP contribution in [0.3, 0.4) is 0 Å². The van der Waals surface area contributed by atoms with Crippen molar-refractivity contribution in [1.29, 1.82) is 0 Å². The highest BCUT2D eigenvalue weighted by molar-refractivity contribution is 14.0. The molecule has 0 aliphatic carbocycles. The van der Waals surface area contributed by atoms with Gasteiger partial charge >= 0.3 is 0 Å². The van der Waals surface area contributed by atoms with Crippen molar-refractivity contribution in [3.05, 3.63) is 89.0 Å². The van der Waals surface area contributed by atoms with E-state index in [1.54, 1.807) is 26.2 Å². The van der Waals surface area contributed by atoms with Gasteiger partial charge in [-0.05, 0) is 41.3 Å². The van der Waals surface area contributed by atoms with E-state index >= 15 is 0 Å². The third-order valence-corrected chi connectivity index (χ3v) is 4.26. The quantitative estimate of drug-likeness (QED) is 0.312. The number of aliphatic imine (C=N–C) groups is 1. The first-order valence-electron chi connectivity index (χ1n) is 8.89. The summed E-state index contributed by atoms with van der Waals surface area (Å²) < 4.78 is 15.3. The largest absolute Gasteiger partial charge is 0.352 e. The number of rotatable bonds is 6. The molecule has 2 N–H and O–H groups in total. The van der Waals surface area contributed by atoms with Gasteiger partial charge in [-0.2, -0.15) is 5.10 Å². The van der Waals surface area contributed by atoms with Crippen LogP contribution in [0, 0.1) is 12.7 Å². The molecule has 0 saturated heterocycles. The van der Waals surface area contributed by atoms with Gasteiger partial charge in [-0.3, -0.25) is 9.67 Å². The molecule has 0 atom stereocenters. The molecule has 7 heteroatoms. The lowest BCUT2D eigenvalue weighted by atomic mass is 10.1. The lowest BCUT2D eigenvalue weighted by Crippen LogP contribution is -2.36. The highest BCUT2D eigenvalue weighted by Crippen LogP contribution is 2.09. The predicted molar refractivity (Wildman–Crippen MR) is 121 cm³/mol. The van der Waals surface area contributed by atoms with Gasteiger partial charge in [0.15, 0.2) is 5.96 Å². The average molecular weight is 493 g/mol. The van der Waals surface area contributed by atoms with Gasteiger partial charge < -0.3 is 10.6 Å². The van der Waals surface area contributed by atoms with E-state index in [0.717, 1.165) is 12.1 Å². The monoisotopic (exact) mass is 493 g/mol. The number of aryl methyl sites for hydroxylation is 1. The van der Waals surface area contributed by atoms with Crippen LogP contribution in [-0.4, -0.2) is 22.8 Å². The van der Waals surface area contributed by atoms with Gasteiger partial charge in [-0.25, -0.2) is 4.39 Å². The number of benzene rings is 2. The third kappa shape index (κ3) is 6.33. The van der Waals surface area contributed by atoms with Gasteiger partial charge in [-0.15, -0.1) is 24.0 Å². The summed E-state index contributed by atoms with van der Waals surface area (Å²) in [6.07, 6.45) is 3.73. The number of guanidine groups is 1. The number of nitrogens with one attached hydrogen (secondary N) is 2. The fourth-order valence-corrected chi connectivity index (χ4v) is 2.83. The number of hydrogen-bond donors (Lipinski definition) is 2. The van der Waals surface area contributed by atoms with Crippen LogP contribution in [-0.2, 0) is 19.6 Å². The minimum Gasteiger partial charge on any atom is -0.352 e. The molecule has 148 valence electrons. The fraction of sp³-hybridized carbons (Fsp3) is 0.238. The number of halogens is 2. The Balaban J connectivity index is 0.00000280. The first-order chi connectivity index (χ1) is 13.1. The molecule has 0 bridgehead atoms. The van der Waals surface area contributed by atoms with Crippen molar-refractivity contribution < 1.29 is 4.39 Å². The Morgan fingerprint density at radius 3 is 2.39 bits per heavy atom. The number of nitrogens with zero attached hydrogens (tertiary/aromatic N) is 3. The van der Waals surface area contributed by atoms with E-state index in [1.165, 1.54) is 17.2 Å². The lowest BCUT2D eigenvalue weighted by molar-refractivity contribution is 0.617. The molecule has 2 aromatic carbocycles. The lowest BCUT2D eigenvalue weighted by Gasteiger charge is -2.13. The highest BCUT2D eigenvalue weighted by atomic mass is 127. The summed E-state index contributed by atoms with van der Waals surface area (Å²) >= 11 is 0. The van der Waals surface area contributed by atoms with Crippen LogP contribution in [0.25, 0.3) is 0 Å². The van der Waals surface area contributed by atoms with Crippen LogP contribution in [0.1, 0.15) is 22.3 Å². The van der Waals surface area contributed by atoms with Gasteiger partial charge in [0.1, 0.15) is 5.82 Å². The molecule has 0 aliphatic heterocycles. The standard InChI is InChI=1S/C21H24FN5.HI/c1-16-11-18(7-8-20(16)22)14-25-21(23-2)24-13-17-5-3-6-19(12-17)15-27-10-4-9-26-27;/h3-12H,13-15H2,1-2H3,(H2,23,24,25);1H. The molecule has 0 fully saturated rings. The summed E-state index contributed by atoms with van der Waals surface area (Å²) in [4.78, 5) is 4.25. The molecule has 28 heavy (non-hydrogen) atoms. The van der Waals surface area contributed by atoms with Crippen LogP contribution in [0.5, 0.6) is 0 Å². The second-order valence-electron chi connectivity index (χ2n) is 6.39. The van der Waals surface area contributed by atoms with Crippen LogP contribution in [0.2, 0.25) is 0 Å². The topological polar surface area (TPSA) is 54.2 Å². The summed E-state index contributed by atoms with van der Waals surface area (Å²) in [6.45, 7) is 3.76. The number of aromatic nitrogens is 2. The van der Waals surface area contributed by atoms with Crippen molar-refractivity contribution >= 4 is 29.9 Å². The highest BCUT2D eigenvalue weighted by Gasteiger charge is 2.03. The minimum absolute atomic E-state index is 0. The molecule has 0 unspecified atom stereocenters. The molecule has 3 aromatic rings. The molecule has 1 aromatic heterocycles. The molecule has 0 radical (unpaired) electrons. The Morgan fingerprint density at radius 1 is 1.04 bits per heavy atom. The normalized spacial score (nSPS) is 11.0. The van der Waals surface area contributed by atoms with Crippen LogP contribution >= 0.6 is 24.0 Å². The fourth-order valence-electron chi connectivity index (χ4n) is 2.83. The predicted octanol–water partition coefficient (Wildman–Crippen LogP) is 3.86. The Morgan fingerprint density at radius 2 is 1.75 bits per heavy atom. The molecule has 0 amide bonds. The zero-order chi connectivity index (χ0) is 19.1. The van der Waals surface area contributed by atoms with Gasteiger partial charge in [0.2, 0.25) is 0 Å². The summed E-state index contributed by atoms with van der Waals surface area (Å²) in [5, 5.41) is 10.8. The van der Waals surface area contributed by atoms with Crippen molar-refractivity contribution in [1.82, 2.24) is 20.4 Å². The van der Waals surface area contributed by atoms with E-state index in [4.69, 9.17) is 0 Å². The average Bonchev–Trinajstić information content (AvgIpc) is 3.18. The third-order valence-electron chi connectivity index (χ3n) is 4.26. The minimum atomic E-state index is -0.184. The van der Waals surface area contributed by atoms with Gasteiger partial charge in [0.05, 0.1) is 6.54 Å². The van der Waals surface area contributed by atoms with Crippen LogP contribution in [0.15, 0.2) is 65.9 Å². The van der Waals surface area contributed by atoms with Gasteiger partial charge in [0.25, 0.3) is 0 Å². The van der Waals surface area contributed by atoms with Crippen molar-refractivity contribution in [2.75, 3.05) is 7.05 Å². The Hall–Kier alpha value is -2.42. The summed E-state index contributed by atoms with van der Waals surface area (Å²) in [5.41, 5.74) is 4.02. The van der Waals surface area contributed by atoms with E-state index in [-0.39, 0.29) is 29.8 Å². The zero-order valence-electron chi connectivity index (χ0n) is 16.0. The maximum Gasteiger partial charge on any atom is 0.191 e. The molecular formula is C21H25FIN5. The van der Waals surface area contributed by atoms with Crippen molar-refractivity contribution in [2.24, 2.45) is 4.99 Å². The van der Waals surface area contributed by atoms with Gasteiger partial charge in [-0.1, -0.05) is 36.4 Å². The van der Waals surface area contributed by atoms with Crippen LogP contribution in [0.4, 0.5) is 4.39 Å². The van der Waals surface area contributed by atoms with E-state index in [0.29, 0.717) is 24.6 Å².